The molecule has 2 aliphatic rings. The summed E-state index contributed by atoms with van der Waals surface area (Å²) < 4.78 is 16.5. The van der Waals surface area contributed by atoms with E-state index in [1.54, 1.807) is 43.5 Å². The summed E-state index contributed by atoms with van der Waals surface area (Å²) in [4.78, 5) is 27.6. The number of methoxy groups -OCH3 is 1. The minimum absolute atomic E-state index is 0.0294. The van der Waals surface area contributed by atoms with Gasteiger partial charge in [0.25, 0.3) is 5.91 Å². The van der Waals surface area contributed by atoms with Crippen LogP contribution in [-0.4, -0.2) is 50.2 Å². The van der Waals surface area contributed by atoms with Crippen LogP contribution in [0.1, 0.15) is 32.1 Å². The molecule has 7 nitrogen and oxygen atoms in total. The van der Waals surface area contributed by atoms with E-state index in [1.165, 1.54) is 45.2 Å². The van der Waals surface area contributed by atoms with E-state index >= 15 is 0 Å². The van der Waals surface area contributed by atoms with Crippen LogP contribution in [0.15, 0.2) is 57.7 Å². The van der Waals surface area contributed by atoms with Crippen LogP contribution in [0.4, 0.5) is 0 Å². The van der Waals surface area contributed by atoms with Crippen LogP contribution < -0.4 is 20.4 Å². The third kappa shape index (κ3) is 5.20. The topological polar surface area (TPSA) is 81.0 Å². The first kappa shape index (κ1) is 23.4. The Bertz CT molecular complexity index is 1230. The third-order valence-electron chi connectivity index (χ3n) is 7.27. The maximum Gasteiger partial charge on any atom is 0.344 e. The van der Waals surface area contributed by atoms with Crippen molar-refractivity contribution in [3.8, 4) is 22.6 Å². The number of amides is 1. The molecule has 3 heterocycles. The Morgan fingerprint density at radius 1 is 1.09 bits per heavy atom. The fraction of sp³-hybridized carbons (Fsp3) is 0.429. The molecule has 2 atom stereocenters. The van der Waals surface area contributed by atoms with Crippen LogP contribution in [-0.2, 0) is 4.79 Å². The van der Waals surface area contributed by atoms with Crippen LogP contribution in [0.25, 0.3) is 22.1 Å². The summed E-state index contributed by atoms with van der Waals surface area (Å²) in [5.41, 5.74) is 1.17. The molecule has 1 N–H and O–H groups in total. The Morgan fingerprint density at radius 2 is 1.91 bits per heavy atom. The van der Waals surface area contributed by atoms with Crippen LogP contribution in [0.2, 0.25) is 0 Å². The van der Waals surface area contributed by atoms with Crippen molar-refractivity contribution in [1.82, 2.24) is 10.2 Å². The average Bonchev–Trinajstić information content (AvgIpc) is 2.90. The zero-order valence-electron chi connectivity index (χ0n) is 20.1. The van der Waals surface area contributed by atoms with Gasteiger partial charge in [-0.05, 0) is 74.5 Å². The molecule has 184 valence electrons. The predicted octanol–water partition coefficient (Wildman–Crippen LogP) is 4.23. The van der Waals surface area contributed by atoms with Crippen molar-refractivity contribution in [2.45, 2.75) is 38.1 Å². The van der Waals surface area contributed by atoms with Gasteiger partial charge in [0.05, 0.1) is 12.7 Å². The maximum absolute atomic E-state index is 12.6. The molecular weight excluding hydrogens is 444 g/mol. The quantitative estimate of drug-likeness (QED) is 0.514. The number of nitrogens with zero attached hydrogens (tertiary/aromatic N) is 1. The average molecular weight is 477 g/mol. The number of hydrogen-bond donors (Lipinski definition) is 1. The molecular formula is C28H32N2O5. The molecule has 2 saturated heterocycles. The van der Waals surface area contributed by atoms with Crippen molar-refractivity contribution in [3.05, 3.63) is 59.0 Å². The number of carbonyl (C=O) groups excluding carboxylic acids is 1. The molecule has 1 aromatic heterocycles. The highest BCUT2D eigenvalue weighted by molar-refractivity contribution is 5.86. The summed E-state index contributed by atoms with van der Waals surface area (Å²) >= 11 is 0. The van der Waals surface area contributed by atoms with Gasteiger partial charge in [0.15, 0.2) is 17.9 Å². The number of fused-ring (bicyclic) bond motifs is 2. The number of piperidine rings is 2. The Balaban J connectivity index is 1.17. The van der Waals surface area contributed by atoms with E-state index < -0.39 is 5.63 Å². The Hall–Kier alpha value is -3.32. The Kier molecular flexibility index (Phi) is 7.04. The summed E-state index contributed by atoms with van der Waals surface area (Å²) in [6, 6.07) is 15.0. The zero-order chi connectivity index (χ0) is 24.2. The first-order valence-corrected chi connectivity index (χ1v) is 12.5. The number of benzene rings is 2. The summed E-state index contributed by atoms with van der Waals surface area (Å²) in [6.45, 7) is 3.08. The van der Waals surface area contributed by atoms with E-state index in [0.29, 0.717) is 41.1 Å². The van der Waals surface area contributed by atoms with Gasteiger partial charge in [0.1, 0.15) is 5.75 Å². The van der Waals surface area contributed by atoms with Crippen LogP contribution in [0.5, 0.6) is 11.5 Å². The number of nitrogens with one attached hydrogen (secondary N) is 1. The van der Waals surface area contributed by atoms with Gasteiger partial charge < -0.3 is 24.1 Å². The lowest BCUT2D eigenvalue weighted by Crippen LogP contribution is -2.51. The molecule has 0 radical (unpaired) electrons. The van der Waals surface area contributed by atoms with Crippen LogP contribution in [0.3, 0.4) is 0 Å². The number of hydrogen-bond acceptors (Lipinski definition) is 6. The smallest absolute Gasteiger partial charge is 0.344 e. The first-order chi connectivity index (χ1) is 17.1. The fourth-order valence-electron chi connectivity index (χ4n) is 5.47. The van der Waals surface area contributed by atoms with Gasteiger partial charge in [-0.2, -0.15) is 0 Å². The van der Waals surface area contributed by atoms with Crippen LogP contribution >= 0.6 is 0 Å². The summed E-state index contributed by atoms with van der Waals surface area (Å²) in [7, 11) is 1.54. The third-order valence-corrected chi connectivity index (χ3v) is 7.27. The van der Waals surface area contributed by atoms with Gasteiger partial charge in [0.2, 0.25) is 0 Å². The molecule has 7 heteroatoms. The lowest BCUT2D eigenvalue weighted by molar-refractivity contribution is -0.123. The number of rotatable bonds is 7. The minimum atomic E-state index is -0.436. The Morgan fingerprint density at radius 3 is 2.74 bits per heavy atom. The summed E-state index contributed by atoms with van der Waals surface area (Å²) in [5.74, 6) is 1.52. The second kappa shape index (κ2) is 10.5. The molecule has 5 rings (SSSR count). The van der Waals surface area contributed by atoms with Crippen molar-refractivity contribution in [2.75, 3.05) is 33.4 Å². The molecule has 0 aliphatic carbocycles. The van der Waals surface area contributed by atoms with Crippen molar-refractivity contribution in [3.63, 3.8) is 0 Å². The molecule has 0 spiro atoms. The van der Waals surface area contributed by atoms with Crippen molar-refractivity contribution < 1.29 is 18.7 Å². The fourth-order valence-corrected chi connectivity index (χ4v) is 5.47. The van der Waals surface area contributed by atoms with Crippen molar-refractivity contribution in [2.24, 2.45) is 5.92 Å². The van der Waals surface area contributed by atoms with Gasteiger partial charge >= 0.3 is 5.63 Å². The maximum atomic E-state index is 12.6. The van der Waals surface area contributed by atoms with Crippen molar-refractivity contribution >= 4 is 16.9 Å². The molecule has 35 heavy (non-hydrogen) atoms. The first-order valence-electron chi connectivity index (χ1n) is 12.5. The van der Waals surface area contributed by atoms with Crippen molar-refractivity contribution in [1.29, 1.82) is 0 Å². The van der Waals surface area contributed by atoms with E-state index in [0.717, 1.165) is 10.9 Å². The van der Waals surface area contributed by atoms with E-state index in [4.69, 9.17) is 13.9 Å². The molecule has 2 aromatic carbocycles. The number of para-hydroxylation sites is 1. The summed E-state index contributed by atoms with van der Waals surface area (Å²) in [5, 5.41) is 3.85. The largest absolute Gasteiger partial charge is 0.493 e. The van der Waals surface area contributed by atoms with E-state index in [1.807, 2.05) is 12.1 Å². The SMILES string of the molecule is COc1cccc2cc(-c3ccc(OCC(=O)NC[C@H]4CCCN5CCCC[C@H]45)cc3)c(=O)oc12. The normalized spacial score (nSPS) is 20.3. The zero-order valence-corrected chi connectivity index (χ0v) is 20.1. The highest BCUT2D eigenvalue weighted by Gasteiger charge is 2.32. The molecule has 0 saturated carbocycles. The standard InChI is InChI=1S/C28H32N2O5/c1-33-25-9-4-6-20-16-23(28(32)35-27(20)25)19-10-12-22(13-11-19)34-18-26(31)29-17-21-7-5-15-30-14-3-2-8-24(21)30/h4,6,9-13,16,21,24H,2-3,5,7-8,14-15,17-18H2,1H3,(H,29,31)/t21-,24-/m1/s1. The van der Waals surface area contributed by atoms with E-state index in [2.05, 4.69) is 10.2 Å². The van der Waals surface area contributed by atoms with E-state index in [9.17, 15) is 9.59 Å². The second-order valence-electron chi connectivity index (χ2n) is 9.44. The van der Waals surface area contributed by atoms with Gasteiger partial charge in [-0.25, -0.2) is 4.79 Å². The lowest BCUT2D eigenvalue weighted by atomic mass is 9.83. The van der Waals surface area contributed by atoms with Gasteiger partial charge in [-0.1, -0.05) is 30.7 Å². The minimum Gasteiger partial charge on any atom is -0.493 e. The van der Waals surface area contributed by atoms with Gasteiger partial charge in [-0.15, -0.1) is 0 Å². The van der Waals surface area contributed by atoms with E-state index in [-0.39, 0.29) is 12.5 Å². The molecule has 0 bridgehead atoms. The predicted molar refractivity (Wildman–Crippen MR) is 135 cm³/mol. The molecule has 0 unspecified atom stereocenters. The number of ether oxygens (including phenoxy) is 2. The number of carbonyl (C=O) groups is 1. The highest BCUT2D eigenvalue weighted by atomic mass is 16.5. The molecule has 2 aliphatic heterocycles. The molecule has 3 aromatic rings. The van der Waals surface area contributed by atoms with Gasteiger partial charge in [0, 0.05) is 18.0 Å². The lowest BCUT2D eigenvalue weighted by Gasteiger charge is -2.44. The van der Waals surface area contributed by atoms with Crippen LogP contribution in [0, 0.1) is 5.92 Å². The molecule has 1 amide bonds. The van der Waals surface area contributed by atoms with Gasteiger partial charge in [-0.3, -0.25) is 4.79 Å². The summed E-state index contributed by atoms with van der Waals surface area (Å²) in [6.07, 6.45) is 6.22. The monoisotopic (exact) mass is 476 g/mol. The molecule has 2 fully saturated rings. The Labute approximate surface area is 205 Å². The highest BCUT2D eigenvalue weighted by Crippen LogP contribution is 2.31. The second-order valence-corrected chi connectivity index (χ2v) is 9.44.